The van der Waals surface area contributed by atoms with Crippen molar-refractivity contribution in [3.63, 3.8) is 0 Å². The highest BCUT2D eigenvalue weighted by Gasteiger charge is 2.19. The zero-order chi connectivity index (χ0) is 36.3. The molecule has 9 aromatic carbocycles. The van der Waals surface area contributed by atoms with Crippen molar-refractivity contribution in [2.24, 2.45) is 0 Å². The molecule has 0 saturated heterocycles. The second kappa shape index (κ2) is 12.6. The fourth-order valence-corrected chi connectivity index (χ4v) is 8.00. The van der Waals surface area contributed by atoms with E-state index in [1.165, 1.54) is 38.2 Å². The third kappa shape index (κ3) is 5.34. The molecular weight excluding hydrogens is 671 g/mol. The summed E-state index contributed by atoms with van der Waals surface area (Å²) >= 11 is 0. The molecule has 0 fully saturated rings. The molecule has 2 heterocycles. The molecular formula is C51H31N3O. The number of furan rings is 1. The van der Waals surface area contributed by atoms with E-state index < -0.39 is 0 Å². The summed E-state index contributed by atoms with van der Waals surface area (Å²) in [5, 5.41) is 9.26. The summed E-state index contributed by atoms with van der Waals surface area (Å²) in [6.07, 6.45) is 0. The highest BCUT2D eigenvalue weighted by atomic mass is 16.3. The zero-order valence-corrected chi connectivity index (χ0v) is 29.6. The Bertz CT molecular complexity index is 3270. The standard InChI is InChI=1S/C51H31N3O/c1-2-11-32(12-3-1)35-25-26-37-30-40(28-27-36(37)29-35)50-52-49(53-51(54-50)45-21-10-20-44-43-18-6-7-22-46(43)55-48(44)45)39-16-8-15-38(31-39)42-19-9-14-34-24-23-33-13-4-5-17-41(33)47(34)42/h1-31H. The third-order valence-corrected chi connectivity index (χ3v) is 10.7. The first-order valence-corrected chi connectivity index (χ1v) is 18.5. The van der Waals surface area contributed by atoms with Crippen LogP contribution in [0.3, 0.4) is 0 Å². The van der Waals surface area contributed by atoms with Gasteiger partial charge in [-0.2, -0.15) is 0 Å². The number of rotatable bonds is 5. The van der Waals surface area contributed by atoms with Crippen LogP contribution < -0.4 is 0 Å². The number of hydrogen-bond donors (Lipinski definition) is 0. The highest BCUT2D eigenvalue weighted by molar-refractivity contribution is 6.14. The molecule has 0 aliphatic heterocycles. The molecule has 4 heteroatoms. The molecule has 4 nitrogen and oxygen atoms in total. The molecule has 0 radical (unpaired) electrons. The van der Waals surface area contributed by atoms with E-state index in [0.29, 0.717) is 17.5 Å². The van der Waals surface area contributed by atoms with Gasteiger partial charge in [-0.15, -0.1) is 0 Å². The summed E-state index contributed by atoms with van der Waals surface area (Å²) < 4.78 is 6.49. The Morgan fingerprint density at radius 3 is 1.75 bits per heavy atom. The molecule has 0 saturated carbocycles. The molecule has 2 aromatic heterocycles. The second-order valence-electron chi connectivity index (χ2n) is 14.0. The minimum absolute atomic E-state index is 0.561. The Hall–Kier alpha value is -7.43. The van der Waals surface area contributed by atoms with E-state index in [9.17, 15) is 0 Å². The van der Waals surface area contributed by atoms with Gasteiger partial charge >= 0.3 is 0 Å². The van der Waals surface area contributed by atoms with Crippen LogP contribution in [-0.4, -0.2) is 15.0 Å². The van der Waals surface area contributed by atoms with Crippen LogP contribution in [0.2, 0.25) is 0 Å². The van der Waals surface area contributed by atoms with Crippen LogP contribution in [0.5, 0.6) is 0 Å². The number of benzene rings is 9. The van der Waals surface area contributed by atoms with Crippen LogP contribution in [0, 0.1) is 0 Å². The first kappa shape index (κ1) is 31.1. The number of nitrogens with zero attached hydrogens (tertiary/aromatic N) is 3. The second-order valence-corrected chi connectivity index (χ2v) is 14.0. The van der Waals surface area contributed by atoms with E-state index in [4.69, 9.17) is 19.4 Å². The van der Waals surface area contributed by atoms with Gasteiger partial charge in [0.15, 0.2) is 17.5 Å². The summed E-state index contributed by atoms with van der Waals surface area (Å²) in [4.78, 5) is 15.5. The van der Waals surface area contributed by atoms with Crippen molar-refractivity contribution in [2.45, 2.75) is 0 Å². The molecule has 11 aromatic rings. The van der Waals surface area contributed by atoms with Crippen LogP contribution in [0.4, 0.5) is 0 Å². The average molecular weight is 702 g/mol. The number of hydrogen-bond acceptors (Lipinski definition) is 4. The molecule has 0 spiro atoms. The van der Waals surface area contributed by atoms with Gasteiger partial charge in [0.1, 0.15) is 11.2 Å². The maximum absolute atomic E-state index is 6.49. The van der Waals surface area contributed by atoms with E-state index in [-0.39, 0.29) is 0 Å². The monoisotopic (exact) mass is 701 g/mol. The van der Waals surface area contributed by atoms with Crippen molar-refractivity contribution >= 4 is 54.3 Å². The Balaban J connectivity index is 1.10. The van der Waals surface area contributed by atoms with Crippen LogP contribution in [0.1, 0.15) is 0 Å². The molecule has 256 valence electrons. The topological polar surface area (TPSA) is 51.8 Å². The van der Waals surface area contributed by atoms with Crippen LogP contribution in [-0.2, 0) is 0 Å². The quantitative estimate of drug-likeness (QED) is 0.168. The largest absolute Gasteiger partial charge is 0.455 e. The molecule has 0 unspecified atom stereocenters. The molecule has 0 bridgehead atoms. The van der Waals surface area contributed by atoms with Gasteiger partial charge in [0.2, 0.25) is 0 Å². The number of aromatic nitrogens is 3. The van der Waals surface area contributed by atoms with E-state index in [1.807, 2.05) is 30.3 Å². The van der Waals surface area contributed by atoms with E-state index in [1.54, 1.807) is 0 Å². The average Bonchev–Trinajstić information content (AvgIpc) is 3.65. The Morgan fingerprint density at radius 2 is 0.873 bits per heavy atom. The summed E-state index contributed by atoms with van der Waals surface area (Å²) in [6, 6.07) is 65.9. The van der Waals surface area contributed by atoms with E-state index in [2.05, 4.69) is 158 Å². The summed E-state index contributed by atoms with van der Waals surface area (Å²) in [7, 11) is 0. The smallest absolute Gasteiger partial charge is 0.167 e. The SMILES string of the molecule is c1ccc(-c2ccc3cc(-c4nc(-c5cccc(-c6cccc7ccc8ccccc8c67)c5)nc(-c5cccc6c5oc5ccccc56)n4)ccc3c2)cc1. The minimum Gasteiger partial charge on any atom is -0.455 e. The van der Waals surface area contributed by atoms with Gasteiger partial charge in [0, 0.05) is 21.9 Å². The lowest BCUT2D eigenvalue weighted by molar-refractivity contribution is 0.669. The Labute approximate surface area is 317 Å². The first-order valence-electron chi connectivity index (χ1n) is 18.5. The Morgan fingerprint density at radius 1 is 0.309 bits per heavy atom. The molecule has 55 heavy (non-hydrogen) atoms. The van der Waals surface area contributed by atoms with E-state index in [0.717, 1.165) is 55.0 Å². The van der Waals surface area contributed by atoms with Crippen LogP contribution in [0.15, 0.2) is 192 Å². The van der Waals surface area contributed by atoms with Gasteiger partial charge in [-0.05, 0) is 84.9 Å². The summed E-state index contributed by atoms with van der Waals surface area (Å²) in [6.45, 7) is 0. The molecule has 11 rings (SSSR count). The normalized spacial score (nSPS) is 11.6. The summed E-state index contributed by atoms with van der Waals surface area (Å²) in [5.74, 6) is 1.76. The van der Waals surface area contributed by atoms with Crippen molar-refractivity contribution in [3.8, 4) is 56.4 Å². The number of para-hydroxylation sites is 2. The molecule has 0 atom stereocenters. The van der Waals surface area contributed by atoms with Gasteiger partial charge in [-0.1, -0.05) is 158 Å². The summed E-state index contributed by atoms with van der Waals surface area (Å²) in [5.41, 5.74) is 8.88. The number of fused-ring (bicyclic) bond motifs is 7. The molecule has 0 aliphatic carbocycles. The van der Waals surface area contributed by atoms with Gasteiger partial charge < -0.3 is 4.42 Å². The van der Waals surface area contributed by atoms with Gasteiger partial charge in [-0.25, -0.2) is 15.0 Å². The highest BCUT2D eigenvalue weighted by Crippen LogP contribution is 2.38. The van der Waals surface area contributed by atoms with Crippen LogP contribution in [0.25, 0.3) is 111 Å². The maximum atomic E-state index is 6.49. The minimum atomic E-state index is 0.561. The van der Waals surface area contributed by atoms with Gasteiger partial charge in [0.05, 0.1) is 5.56 Å². The van der Waals surface area contributed by atoms with Crippen molar-refractivity contribution in [1.29, 1.82) is 0 Å². The van der Waals surface area contributed by atoms with Crippen molar-refractivity contribution in [1.82, 2.24) is 15.0 Å². The zero-order valence-electron chi connectivity index (χ0n) is 29.6. The maximum Gasteiger partial charge on any atom is 0.167 e. The third-order valence-electron chi connectivity index (χ3n) is 10.7. The lowest BCUT2D eigenvalue weighted by atomic mass is 9.93. The Kier molecular flexibility index (Phi) is 7.14. The predicted molar refractivity (Wildman–Crippen MR) is 227 cm³/mol. The fourth-order valence-electron chi connectivity index (χ4n) is 8.00. The van der Waals surface area contributed by atoms with Crippen molar-refractivity contribution in [3.05, 3.63) is 188 Å². The van der Waals surface area contributed by atoms with Gasteiger partial charge in [-0.3, -0.25) is 0 Å². The predicted octanol–water partition coefficient (Wildman–Crippen LogP) is 13.6. The van der Waals surface area contributed by atoms with Gasteiger partial charge in [0.25, 0.3) is 0 Å². The van der Waals surface area contributed by atoms with Crippen LogP contribution >= 0.6 is 0 Å². The fraction of sp³-hybridized carbons (Fsp3) is 0. The lowest BCUT2D eigenvalue weighted by Gasteiger charge is -2.13. The van der Waals surface area contributed by atoms with Crippen molar-refractivity contribution < 1.29 is 4.42 Å². The molecule has 0 amide bonds. The van der Waals surface area contributed by atoms with Crippen molar-refractivity contribution in [2.75, 3.05) is 0 Å². The first-order chi connectivity index (χ1) is 27.2. The molecule has 0 aliphatic rings. The van der Waals surface area contributed by atoms with E-state index >= 15 is 0 Å². The molecule has 0 N–H and O–H groups in total. The lowest BCUT2D eigenvalue weighted by Crippen LogP contribution is -2.00.